The highest BCUT2D eigenvalue weighted by molar-refractivity contribution is 7.92. The van der Waals surface area contributed by atoms with Crippen LogP contribution in [0.15, 0.2) is 54.6 Å². The first kappa shape index (κ1) is 25.1. The highest BCUT2D eigenvalue weighted by Gasteiger charge is 2.38. The fraction of sp³-hybridized carbons (Fsp3) is 0.357. The highest BCUT2D eigenvalue weighted by Crippen LogP contribution is 2.44. The van der Waals surface area contributed by atoms with Crippen LogP contribution in [0.5, 0.6) is 5.75 Å². The number of nitrogens with two attached hydrogens (primary N) is 1. The van der Waals surface area contributed by atoms with E-state index in [0.717, 1.165) is 41.3 Å². The SMILES string of the molecule is CCS(=O)(=O)N1c2ccc(OC[C@@H]3CCCN3C(C)=N)cc2CC1c1ccc2ccc(C(=N)N)cc2c1. The van der Waals surface area contributed by atoms with Crippen LogP contribution in [0.1, 0.15) is 49.4 Å². The predicted octanol–water partition coefficient (Wildman–Crippen LogP) is 4.42. The molecule has 2 aliphatic rings. The predicted molar refractivity (Wildman–Crippen MR) is 148 cm³/mol. The molecule has 3 aromatic rings. The van der Waals surface area contributed by atoms with Crippen LogP contribution in [-0.4, -0.2) is 49.9 Å². The van der Waals surface area contributed by atoms with Crippen molar-refractivity contribution in [3.63, 3.8) is 0 Å². The number of likely N-dealkylation sites (tertiary alicyclic amines) is 1. The van der Waals surface area contributed by atoms with Gasteiger partial charge in [-0.3, -0.25) is 15.1 Å². The zero-order valence-electron chi connectivity index (χ0n) is 21.2. The summed E-state index contributed by atoms with van der Waals surface area (Å²) < 4.78 is 34.2. The lowest BCUT2D eigenvalue weighted by Gasteiger charge is -2.27. The molecular formula is C28H33N5O3S. The third-order valence-corrected chi connectivity index (χ3v) is 9.24. The van der Waals surface area contributed by atoms with Crippen molar-refractivity contribution in [2.24, 2.45) is 5.73 Å². The Morgan fingerprint density at radius 1 is 1.08 bits per heavy atom. The minimum Gasteiger partial charge on any atom is -0.491 e. The van der Waals surface area contributed by atoms with Gasteiger partial charge in [-0.05, 0) is 78.9 Å². The molecule has 9 heteroatoms. The summed E-state index contributed by atoms with van der Waals surface area (Å²) in [6.07, 6.45) is 2.59. The molecular weight excluding hydrogens is 486 g/mol. The molecule has 2 aliphatic heterocycles. The van der Waals surface area contributed by atoms with E-state index in [-0.39, 0.29) is 23.7 Å². The average Bonchev–Trinajstić information content (AvgIpc) is 3.51. The van der Waals surface area contributed by atoms with Gasteiger partial charge in [0.15, 0.2) is 0 Å². The number of nitrogens with one attached hydrogen (secondary N) is 2. The van der Waals surface area contributed by atoms with E-state index >= 15 is 0 Å². The molecule has 4 N–H and O–H groups in total. The van der Waals surface area contributed by atoms with E-state index in [0.29, 0.717) is 35.9 Å². The van der Waals surface area contributed by atoms with E-state index in [1.165, 1.54) is 0 Å². The number of amidine groups is 2. The molecule has 1 unspecified atom stereocenters. The van der Waals surface area contributed by atoms with Crippen LogP contribution in [0, 0.1) is 10.8 Å². The van der Waals surface area contributed by atoms with Crippen molar-refractivity contribution in [3.05, 3.63) is 71.3 Å². The summed E-state index contributed by atoms with van der Waals surface area (Å²) in [5.74, 6) is 1.28. The molecule has 1 fully saturated rings. The number of hydrogen-bond acceptors (Lipinski definition) is 5. The van der Waals surface area contributed by atoms with Gasteiger partial charge in [0.1, 0.15) is 18.2 Å². The van der Waals surface area contributed by atoms with E-state index in [9.17, 15) is 8.42 Å². The lowest BCUT2D eigenvalue weighted by Crippen LogP contribution is -2.37. The summed E-state index contributed by atoms with van der Waals surface area (Å²) in [5, 5.41) is 17.7. The van der Waals surface area contributed by atoms with Crippen molar-refractivity contribution in [1.29, 1.82) is 10.8 Å². The number of benzene rings is 3. The van der Waals surface area contributed by atoms with Gasteiger partial charge in [-0.25, -0.2) is 8.42 Å². The molecule has 0 radical (unpaired) electrons. The van der Waals surface area contributed by atoms with E-state index in [1.807, 2.05) is 61.5 Å². The smallest absolute Gasteiger partial charge is 0.235 e. The quantitative estimate of drug-likeness (QED) is 0.315. The minimum atomic E-state index is -3.53. The lowest BCUT2D eigenvalue weighted by molar-refractivity contribution is 0.226. The molecule has 37 heavy (non-hydrogen) atoms. The van der Waals surface area contributed by atoms with Crippen LogP contribution in [0.25, 0.3) is 10.8 Å². The Balaban J connectivity index is 1.46. The fourth-order valence-corrected chi connectivity index (χ4v) is 6.85. The summed E-state index contributed by atoms with van der Waals surface area (Å²) in [4.78, 5) is 2.08. The van der Waals surface area contributed by atoms with Crippen LogP contribution in [0.2, 0.25) is 0 Å². The molecule has 5 rings (SSSR count). The number of anilines is 1. The van der Waals surface area contributed by atoms with Gasteiger partial charge in [-0.15, -0.1) is 0 Å². The standard InChI is InChI=1S/C28H33N5O3S/c1-3-37(34,35)33-26-11-10-25(36-17-24-5-4-12-32(24)18(2)29)15-23(26)16-27(33)20-8-6-19-7-9-21(28(30)31)14-22(19)13-20/h6-11,13-15,24,27,29H,3-5,12,16-17H2,1-2H3,(H3,30,31)/t24-,27?/m0/s1. The van der Waals surface area contributed by atoms with Crippen molar-refractivity contribution in [1.82, 2.24) is 4.90 Å². The van der Waals surface area contributed by atoms with E-state index < -0.39 is 10.0 Å². The first-order chi connectivity index (χ1) is 17.7. The second-order valence-corrected chi connectivity index (χ2v) is 12.0. The van der Waals surface area contributed by atoms with E-state index in [2.05, 4.69) is 4.90 Å². The van der Waals surface area contributed by atoms with Crippen LogP contribution < -0.4 is 14.8 Å². The monoisotopic (exact) mass is 519 g/mol. The van der Waals surface area contributed by atoms with Gasteiger partial charge in [0.25, 0.3) is 0 Å². The van der Waals surface area contributed by atoms with E-state index in [1.54, 1.807) is 11.2 Å². The van der Waals surface area contributed by atoms with Crippen molar-refractivity contribution in [3.8, 4) is 5.75 Å². The molecule has 0 bridgehead atoms. The van der Waals surface area contributed by atoms with Gasteiger partial charge < -0.3 is 15.4 Å². The number of nitrogen functional groups attached to an aromatic ring is 1. The molecule has 3 aromatic carbocycles. The van der Waals surface area contributed by atoms with Crippen LogP contribution >= 0.6 is 0 Å². The fourth-order valence-electron chi connectivity index (χ4n) is 5.51. The molecule has 0 aliphatic carbocycles. The molecule has 0 aromatic heterocycles. The topological polar surface area (TPSA) is 124 Å². The molecule has 2 atom stereocenters. The normalized spacial score (nSPS) is 19.3. The molecule has 0 spiro atoms. The zero-order chi connectivity index (χ0) is 26.3. The van der Waals surface area contributed by atoms with Crippen LogP contribution in [0.4, 0.5) is 5.69 Å². The van der Waals surface area contributed by atoms with Gasteiger partial charge in [-0.2, -0.15) is 0 Å². The van der Waals surface area contributed by atoms with E-state index in [4.69, 9.17) is 21.3 Å². The Bertz CT molecular complexity index is 1490. The Morgan fingerprint density at radius 2 is 1.86 bits per heavy atom. The number of nitrogens with zero attached hydrogens (tertiary/aromatic N) is 2. The molecule has 2 heterocycles. The Morgan fingerprint density at radius 3 is 2.59 bits per heavy atom. The van der Waals surface area contributed by atoms with Gasteiger partial charge in [-0.1, -0.05) is 24.3 Å². The second kappa shape index (κ2) is 9.70. The maximum atomic E-state index is 13.3. The molecule has 0 amide bonds. The molecule has 194 valence electrons. The summed E-state index contributed by atoms with van der Waals surface area (Å²) in [7, 11) is -3.53. The third-order valence-electron chi connectivity index (χ3n) is 7.46. The number of rotatable bonds is 7. The Kier molecular flexibility index (Phi) is 6.58. The zero-order valence-corrected chi connectivity index (χ0v) is 22.0. The van der Waals surface area contributed by atoms with Gasteiger partial charge in [0, 0.05) is 18.5 Å². The molecule has 8 nitrogen and oxygen atoms in total. The average molecular weight is 520 g/mol. The summed E-state index contributed by atoms with van der Waals surface area (Å²) in [6, 6.07) is 17.1. The lowest BCUT2D eigenvalue weighted by atomic mass is 9.98. The summed E-state index contributed by atoms with van der Waals surface area (Å²) >= 11 is 0. The minimum absolute atomic E-state index is 0.000192. The van der Waals surface area contributed by atoms with Crippen molar-refractivity contribution >= 4 is 38.2 Å². The largest absolute Gasteiger partial charge is 0.491 e. The van der Waals surface area contributed by atoms with Crippen molar-refractivity contribution in [2.45, 2.75) is 45.2 Å². The van der Waals surface area contributed by atoms with Crippen LogP contribution in [-0.2, 0) is 16.4 Å². The van der Waals surface area contributed by atoms with Crippen LogP contribution in [0.3, 0.4) is 0 Å². The summed E-state index contributed by atoms with van der Waals surface area (Å²) in [6.45, 7) is 4.86. The maximum Gasteiger partial charge on any atom is 0.235 e. The highest BCUT2D eigenvalue weighted by atomic mass is 32.2. The van der Waals surface area contributed by atoms with Crippen molar-refractivity contribution < 1.29 is 13.2 Å². The number of hydrogen-bond donors (Lipinski definition) is 3. The third kappa shape index (κ3) is 4.75. The van der Waals surface area contributed by atoms with Gasteiger partial charge in [0.05, 0.1) is 29.4 Å². The number of sulfonamides is 1. The second-order valence-electron chi connectivity index (χ2n) is 9.83. The van der Waals surface area contributed by atoms with Gasteiger partial charge in [0.2, 0.25) is 10.0 Å². The number of fused-ring (bicyclic) bond motifs is 2. The molecule has 0 saturated carbocycles. The first-order valence-corrected chi connectivity index (χ1v) is 14.3. The maximum absolute atomic E-state index is 13.3. The molecule has 1 saturated heterocycles. The number of ether oxygens (including phenoxy) is 1. The first-order valence-electron chi connectivity index (χ1n) is 12.7. The Labute approximate surface area is 218 Å². The Hall–Kier alpha value is -3.59. The van der Waals surface area contributed by atoms with Gasteiger partial charge >= 0.3 is 0 Å². The van der Waals surface area contributed by atoms with Crippen molar-refractivity contribution in [2.75, 3.05) is 23.2 Å². The summed E-state index contributed by atoms with van der Waals surface area (Å²) in [5.41, 5.74) is 8.85.